The monoisotopic (exact) mass is 268 g/mol. The van der Waals surface area contributed by atoms with Crippen molar-refractivity contribution < 1.29 is 24.9 Å². The lowest BCUT2D eigenvalue weighted by Gasteiger charge is -2.17. The molecule has 0 spiro atoms. The average Bonchev–Trinajstić information content (AvgIpc) is 2.37. The molecule has 2 unspecified atom stereocenters. The molecule has 1 rings (SSSR count). The smallest absolute Gasteiger partial charge is 0.337 e. The van der Waals surface area contributed by atoms with Gasteiger partial charge in [0.25, 0.3) is 0 Å². The highest BCUT2D eigenvalue weighted by Crippen LogP contribution is 2.16. The van der Waals surface area contributed by atoms with Crippen molar-refractivity contribution in [2.75, 3.05) is 6.54 Å². The van der Waals surface area contributed by atoms with Gasteiger partial charge in [0.2, 0.25) is 5.91 Å². The Labute approximate surface area is 109 Å². The van der Waals surface area contributed by atoms with Crippen LogP contribution in [0.15, 0.2) is 18.3 Å². The lowest BCUT2D eigenvalue weighted by atomic mass is 10.1. The van der Waals surface area contributed by atoms with Crippen molar-refractivity contribution in [1.82, 2.24) is 10.3 Å². The fourth-order valence-electron chi connectivity index (χ4n) is 1.46. The summed E-state index contributed by atoms with van der Waals surface area (Å²) in [6.45, 7) is 1.59. The van der Waals surface area contributed by atoms with Crippen LogP contribution in [0.3, 0.4) is 0 Å². The van der Waals surface area contributed by atoms with Gasteiger partial charge in [-0.15, -0.1) is 0 Å². The second-order valence-electron chi connectivity index (χ2n) is 4.06. The second kappa shape index (κ2) is 6.81. The molecule has 0 aromatic carbocycles. The minimum Gasteiger partial charge on any atom is -0.478 e. The number of carboxylic acid groups (broad SMARTS) is 1. The molecule has 19 heavy (non-hydrogen) atoms. The third-order valence-corrected chi connectivity index (χ3v) is 2.51. The number of aliphatic hydroxyl groups excluding tert-OH is 2. The molecule has 0 fully saturated rings. The molecule has 7 nitrogen and oxygen atoms in total. The number of nitrogens with zero attached hydrogens (tertiary/aromatic N) is 1. The van der Waals surface area contributed by atoms with Gasteiger partial charge in [-0.3, -0.25) is 9.78 Å². The molecule has 7 heteroatoms. The second-order valence-corrected chi connectivity index (χ2v) is 4.06. The summed E-state index contributed by atoms with van der Waals surface area (Å²) in [5, 5.41) is 30.7. The lowest BCUT2D eigenvalue weighted by Crippen LogP contribution is -2.28. The van der Waals surface area contributed by atoms with E-state index in [-0.39, 0.29) is 30.1 Å². The van der Waals surface area contributed by atoms with Gasteiger partial charge in [-0.1, -0.05) is 0 Å². The summed E-state index contributed by atoms with van der Waals surface area (Å²) in [7, 11) is 0. The first kappa shape index (κ1) is 15.1. The number of carbonyl (C=O) groups excluding carboxylic acids is 1. The first-order valence-corrected chi connectivity index (χ1v) is 5.71. The maximum Gasteiger partial charge on any atom is 0.337 e. The van der Waals surface area contributed by atoms with Crippen LogP contribution in [-0.2, 0) is 4.79 Å². The zero-order valence-corrected chi connectivity index (χ0v) is 10.4. The molecular formula is C12H16N2O5. The first-order valence-electron chi connectivity index (χ1n) is 5.71. The van der Waals surface area contributed by atoms with Crippen molar-refractivity contribution in [3.63, 3.8) is 0 Å². The van der Waals surface area contributed by atoms with Crippen LogP contribution in [-0.4, -0.2) is 44.8 Å². The Balaban J connectivity index is 2.58. The molecule has 1 aromatic heterocycles. The predicted molar refractivity (Wildman–Crippen MR) is 65.5 cm³/mol. The molecule has 0 aliphatic heterocycles. The van der Waals surface area contributed by atoms with Crippen LogP contribution < -0.4 is 5.32 Å². The first-order chi connectivity index (χ1) is 8.91. The average molecular weight is 268 g/mol. The summed E-state index contributed by atoms with van der Waals surface area (Å²) >= 11 is 0. The van der Waals surface area contributed by atoms with E-state index in [4.69, 9.17) is 5.11 Å². The van der Waals surface area contributed by atoms with E-state index in [1.54, 1.807) is 0 Å². The number of nitrogens with one attached hydrogen (secondary N) is 1. The molecule has 104 valence electrons. The molecule has 1 aromatic rings. The molecule has 0 bridgehead atoms. The zero-order chi connectivity index (χ0) is 14.4. The maximum absolute atomic E-state index is 10.6. The van der Waals surface area contributed by atoms with Gasteiger partial charge in [-0.05, 0) is 18.6 Å². The number of aromatic nitrogens is 1. The quantitative estimate of drug-likeness (QED) is 0.562. The van der Waals surface area contributed by atoms with Gasteiger partial charge in [0.15, 0.2) is 0 Å². The van der Waals surface area contributed by atoms with Gasteiger partial charge < -0.3 is 20.6 Å². The largest absolute Gasteiger partial charge is 0.478 e. The van der Waals surface area contributed by atoms with E-state index in [1.165, 1.54) is 19.1 Å². The van der Waals surface area contributed by atoms with E-state index in [0.717, 1.165) is 6.20 Å². The number of amides is 1. The van der Waals surface area contributed by atoms with Gasteiger partial charge in [0.1, 0.15) is 6.10 Å². The Morgan fingerprint density at radius 3 is 2.53 bits per heavy atom. The summed E-state index contributed by atoms with van der Waals surface area (Å²) < 4.78 is 0. The van der Waals surface area contributed by atoms with E-state index in [9.17, 15) is 19.8 Å². The van der Waals surface area contributed by atoms with E-state index in [2.05, 4.69) is 10.3 Å². The molecular weight excluding hydrogens is 252 g/mol. The third kappa shape index (κ3) is 4.65. The van der Waals surface area contributed by atoms with Crippen molar-refractivity contribution in [2.45, 2.75) is 25.6 Å². The highest BCUT2D eigenvalue weighted by molar-refractivity contribution is 5.87. The Kier molecular flexibility index (Phi) is 5.40. The molecule has 0 saturated carbocycles. The molecule has 4 N–H and O–H groups in total. The van der Waals surface area contributed by atoms with E-state index in [0.29, 0.717) is 0 Å². The number of aromatic carboxylic acids is 1. The molecule has 0 aliphatic rings. The van der Waals surface area contributed by atoms with Crippen LogP contribution in [0.5, 0.6) is 0 Å². The summed E-state index contributed by atoms with van der Waals surface area (Å²) in [5.74, 6) is -1.33. The molecule has 0 saturated heterocycles. The van der Waals surface area contributed by atoms with Crippen LogP contribution in [0, 0.1) is 0 Å². The van der Waals surface area contributed by atoms with Gasteiger partial charge >= 0.3 is 5.97 Å². The van der Waals surface area contributed by atoms with Gasteiger partial charge in [-0.25, -0.2) is 4.79 Å². The summed E-state index contributed by atoms with van der Waals surface area (Å²) in [6, 6.07) is 2.64. The number of carboxylic acids is 1. The van der Waals surface area contributed by atoms with Crippen LogP contribution in [0.4, 0.5) is 0 Å². The summed E-state index contributed by atoms with van der Waals surface area (Å²) in [6.07, 6.45) is -1.03. The Hall–Kier alpha value is -1.99. The molecule has 0 aliphatic carbocycles. The Morgan fingerprint density at radius 2 is 2.05 bits per heavy atom. The predicted octanol–water partition coefficient (Wildman–Crippen LogP) is -0.300. The van der Waals surface area contributed by atoms with Crippen LogP contribution in [0.1, 0.15) is 35.5 Å². The number of rotatable bonds is 6. The summed E-state index contributed by atoms with van der Waals surface area (Å²) in [4.78, 5) is 25.1. The highest BCUT2D eigenvalue weighted by Gasteiger charge is 2.19. The normalized spacial score (nSPS) is 13.6. The van der Waals surface area contributed by atoms with Crippen LogP contribution in [0.25, 0.3) is 0 Å². The number of pyridine rings is 1. The molecule has 0 radical (unpaired) electrons. The van der Waals surface area contributed by atoms with Crippen LogP contribution in [0.2, 0.25) is 0 Å². The molecule has 1 amide bonds. The SMILES string of the molecule is CC(=O)NCCC(O)C(O)c1ccc(C(=O)O)cn1. The maximum atomic E-state index is 10.6. The Morgan fingerprint density at radius 1 is 1.37 bits per heavy atom. The number of carbonyl (C=O) groups is 2. The fourth-order valence-corrected chi connectivity index (χ4v) is 1.46. The topological polar surface area (TPSA) is 120 Å². The fraction of sp³-hybridized carbons (Fsp3) is 0.417. The van der Waals surface area contributed by atoms with Gasteiger partial charge in [0, 0.05) is 19.7 Å². The highest BCUT2D eigenvalue weighted by atomic mass is 16.4. The molecule has 1 heterocycles. The van der Waals surface area contributed by atoms with Gasteiger partial charge in [0.05, 0.1) is 17.4 Å². The Bertz CT molecular complexity index is 446. The van der Waals surface area contributed by atoms with Crippen molar-refractivity contribution in [1.29, 1.82) is 0 Å². The van der Waals surface area contributed by atoms with E-state index in [1.807, 2.05) is 0 Å². The number of aliphatic hydroxyl groups is 2. The summed E-state index contributed by atoms with van der Waals surface area (Å²) in [5.41, 5.74) is 0.184. The number of hydrogen-bond donors (Lipinski definition) is 4. The van der Waals surface area contributed by atoms with Crippen molar-refractivity contribution in [3.8, 4) is 0 Å². The van der Waals surface area contributed by atoms with Crippen molar-refractivity contribution >= 4 is 11.9 Å². The van der Waals surface area contributed by atoms with E-state index >= 15 is 0 Å². The zero-order valence-electron chi connectivity index (χ0n) is 10.4. The van der Waals surface area contributed by atoms with E-state index < -0.39 is 18.2 Å². The molecule has 2 atom stereocenters. The number of hydrogen-bond acceptors (Lipinski definition) is 5. The third-order valence-electron chi connectivity index (χ3n) is 2.51. The standard InChI is InChI=1S/C12H16N2O5/c1-7(15)13-5-4-10(16)11(17)9-3-2-8(6-14-9)12(18)19/h2-3,6,10-11,16-17H,4-5H2,1H3,(H,13,15)(H,18,19). The minimum atomic E-state index is -1.23. The van der Waals surface area contributed by atoms with Gasteiger partial charge in [-0.2, -0.15) is 0 Å². The van der Waals surface area contributed by atoms with Crippen molar-refractivity contribution in [3.05, 3.63) is 29.6 Å². The minimum absolute atomic E-state index is 0.00341. The van der Waals surface area contributed by atoms with Crippen LogP contribution >= 0.6 is 0 Å². The lowest BCUT2D eigenvalue weighted by molar-refractivity contribution is -0.119. The van der Waals surface area contributed by atoms with Crippen molar-refractivity contribution in [2.24, 2.45) is 0 Å².